The maximum Gasteiger partial charge on any atom is 0.265 e. The number of carbonyl (C=O) groups excluding carboxylic acids is 1. The van der Waals surface area contributed by atoms with Crippen LogP contribution in [0.1, 0.15) is 13.3 Å². The molecule has 1 aromatic rings. The van der Waals surface area contributed by atoms with Crippen LogP contribution in [0.3, 0.4) is 0 Å². The first-order valence-electron chi connectivity index (χ1n) is 6.88. The summed E-state index contributed by atoms with van der Waals surface area (Å²) in [7, 11) is -3.02. The minimum atomic E-state index is -3.02. The number of carbonyl (C=O) groups is 1. The Hall–Kier alpha value is -1.76. The van der Waals surface area contributed by atoms with Gasteiger partial charge in [0.1, 0.15) is 6.10 Å². The summed E-state index contributed by atoms with van der Waals surface area (Å²) in [4.78, 5) is 12.3. The van der Waals surface area contributed by atoms with E-state index in [0.29, 0.717) is 17.9 Å². The highest BCUT2D eigenvalue weighted by Crippen LogP contribution is 2.33. The molecule has 0 saturated carbocycles. The maximum absolute atomic E-state index is 12.3. The van der Waals surface area contributed by atoms with Crippen LogP contribution in [0.15, 0.2) is 24.3 Å². The topological polar surface area (TPSA) is 81.7 Å². The third-order valence-corrected chi connectivity index (χ3v) is 5.45. The van der Waals surface area contributed by atoms with Crippen molar-refractivity contribution in [3.8, 4) is 11.5 Å². The van der Waals surface area contributed by atoms with Gasteiger partial charge in [0.05, 0.1) is 11.5 Å². The highest BCUT2D eigenvalue weighted by Gasteiger charge is 2.37. The lowest BCUT2D eigenvalue weighted by molar-refractivity contribution is -0.134. The van der Waals surface area contributed by atoms with Gasteiger partial charge < -0.3 is 14.8 Å². The van der Waals surface area contributed by atoms with Crippen molar-refractivity contribution in [3.05, 3.63) is 24.3 Å². The second kappa shape index (κ2) is 5.22. The van der Waals surface area contributed by atoms with Gasteiger partial charge in [0.2, 0.25) is 6.10 Å². The average molecular weight is 311 g/mol. The van der Waals surface area contributed by atoms with Crippen molar-refractivity contribution in [1.82, 2.24) is 5.32 Å². The van der Waals surface area contributed by atoms with E-state index in [1.807, 2.05) is 6.07 Å². The van der Waals surface area contributed by atoms with Crippen molar-refractivity contribution >= 4 is 15.7 Å². The second-order valence-corrected chi connectivity index (χ2v) is 7.65. The van der Waals surface area contributed by atoms with E-state index in [4.69, 9.17) is 9.47 Å². The number of fused-ring (bicyclic) bond motifs is 1. The first-order valence-corrected chi connectivity index (χ1v) is 8.70. The summed E-state index contributed by atoms with van der Waals surface area (Å²) in [6.07, 6.45) is -0.756. The Bertz CT molecular complexity index is 657. The number of ether oxygens (including phenoxy) is 2. The molecule has 3 atom stereocenters. The number of nitrogens with one attached hydrogen (secondary N) is 1. The highest BCUT2D eigenvalue weighted by molar-refractivity contribution is 7.91. The van der Waals surface area contributed by atoms with E-state index in [2.05, 4.69) is 5.32 Å². The van der Waals surface area contributed by atoms with E-state index in [9.17, 15) is 13.2 Å². The van der Waals surface area contributed by atoms with Crippen LogP contribution in [0, 0.1) is 0 Å². The Kier molecular flexibility index (Phi) is 3.52. The van der Waals surface area contributed by atoms with Crippen molar-refractivity contribution in [2.75, 3.05) is 11.5 Å². The van der Waals surface area contributed by atoms with Gasteiger partial charge in [0, 0.05) is 6.04 Å². The Labute approximate surface area is 123 Å². The summed E-state index contributed by atoms with van der Waals surface area (Å²) in [6.45, 7) is 1.76. The molecule has 114 valence electrons. The average Bonchev–Trinajstić information content (AvgIpc) is 2.77. The summed E-state index contributed by atoms with van der Waals surface area (Å²) in [5, 5.41) is 2.74. The van der Waals surface area contributed by atoms with E-state index in [1.54, 1.807) is 25.1 Å². The van der Waals surface area contributed by atoms with E-state index in [-0.39, 0.29) is 23.5 Å². The van der Waals surface area contributed by atoms with Crippen LogP contribution >= 0.6 is 0 Å². The molecule has 1 amide bonds. The molecule has 2 aliphatic heterocycles. The molecule has 2 heterocycles. The Morgan fingerprint density at radius 3 is 2.52 bits per heavy atom. The molecule has 2 aliphatic rings. The molecule has 1 N–H and O–H groups in total. The molecule has 1 aromatic carbocycles. The van der Waals surface area contributed by atoms with Gasteiger partial charge in [-0.2, -0.15) is 0 Å². The van der Waals surface area contributed by atoms with Crippen molar-refractivity contribution in [3.63, 3.8) is 0 Å². The number of rotatable bonds is 2. The van der Waals surface area contributed by atoms with Crippen molar-refractivity contribution < 1.29 is 22.7 Å². The molecule has 0 spiro atoms. The number of sulfone groups is 1. The van der Waals surface area contributed by atoms with Gasteiger partial charge in [-0.25, -0.2) is 8.42 Å². The number of para-hydroxylation sites is 2. The summed E-state index contributed by atoms with van der Waals surface area (Å²) in [5.74, 6) is 0.918. The third kappa shape index (κ3) is 2.97. The van der Waals surface area contributed by atoms with Gasteiger partial charge in [-0.3, -0.25) is 4.79 Å². The van der Waals surface area contributed by atoms with Gasteiger partial charge in [-0.1, -0.05) is 12.1 Å². The SMILES string of the molecule is CC1Oc2ccccc2OC1C(=O)NC1CCS(=O)(=O)C1. The summed E-state index contributed by atoms with van der Waals surface area (Å²) >= 11 is 0. The molecule has 0 aromatic heterocycles. The van der Waals surface area contributed by atoms with Crippen LogP contribution in [0.2, 0.25) is 0 Å². The molecule has 1 fully saturated rings. The van der Waals surface area contributed by atoms with Gasteiger partial charge in [-0.15, -0.1) is 0 Å². The Morgan fingerprint density at radius 2 is 1.90 bits per heavy atom. The fourth-order valence-electron chi connectivity index (χ4n) is 2.60. The molecule has 7 heteroatoms. The van der Waals surface area contributed by atoms with Crippen molar-refractivity contribution in [2.45, 2.75) is 31.6 Å². The van der Waals surface area contributed by atoms with Crippen LogP contribution in [0.25, 0.3) is 0 Å². The summed E-state index contributed by atoms with van der Waals surface area (Å²) in [6, 6.07) is 6.82. The molecular weight excluding hydrogens is 294 g/mol. The number of hydrogen-bond acceptors (Lipinski definition) is 5. The molecule has 0 radical (unpaired) electrons. The van der Waals surface area contributed by atoms with Crippen LogP contribution in [0.4, 0.5) is 0 Å². The lowest BCUT2D eigenvalue weighted by Crippen LogP contribution is -2.51. The van der Waals surface area contributed by atoms with Gasteiger partial charge in [-0.05, 0) is 25.5 Å². The van der Waals surface area contributed by atoms with E-state index >= 15 is 0 Å². The van der Waals surface area contributed by atoms with E-state index < -0.39 is 22.0 Å². The smallest absolute Gasteiger partial charge is 0.265 e. The van der Waals surface area contributed by atoms with Gasteiger partial charge in [0.15, 0.2) is 21.3 Å². The molecule has 3 unspecified atom stereocenters. The zero-order valence-corrected chi connectivity index (χ0v) is 12.4. The molecule has 1 saturated heterocycles. The molecule has 0 bridgehead atoms. The standard InChI is InChI=1S/C14H17NO5S/c1-9-13(20-12-5-3-2-4-11(12)19-9)14(16)15-10-6-7-21(17,18)8-10/h2-5,9-10,13H,6-8H2,1H3,(H,15,16). The maximum atomic E-state index is 12.3. The predicted molar refractivity (Wildman–Crippen MR) is 76.1 cm³/mol. The first kappa shape index (κ1) is 14.2. The minimum Gasteiger partial charge on any atom is -0.482 e. The highest BCUT2D eigenvalue weighted by atomic mass is 32.2. The fraction of sp³-hybridized carbons (Fsp3) is 0.500. The zero-order valence-electron chi connectivity index (χ0n) is 11.6. The van der Waals surface area contributed by atoms with Crippen molar-refractivity contribution in [2.24, 2.45) is 0 Å². The molecular formula is C14H17NO5S. The van der Waals surface area contributed by atoms with Crippen LogP contribution in [-0.4, -0.2) is 44.1 Å². The summed E-state index contributed by atoms with van der Waals surface area (Å²) in [5.41, 5.74) is 0. The Morgan fingerprint density at radius 1 is 1.24 bits per heavy atom. The largest absolute Gasteiger partial charge is 0.482 e. The molecule has 21 heavy (non-hydrogen) atoms. The second-order valence-electron chi connectivity index (χ2n) is 5.42. The monoisotopic (exact) mass is 311 g/mol. The van der Waals surface area contributed by atoms with Gasteiger partial charge in [0.25, 0.3) is 5.91 Å². The third-order valence-electron chi connectivity index (χ3n) is 3.68. The molecule has 3 rings (SSSR count). The summed E-state index contributed by atoms with van der Waals surface area (Å²) < 4.78 is 34.2. The predicted octanol–water partition coefficient (Wildman–Crippen LogP) is 0.518. The fourth-order valence-corrected chi connectivity index (χ4v) is 4.27. The van der Waals surface area contributed by atoms with E-state index in [0.717, 1.165) is 0 Å². The van der Waals surface area contributed by atoms with Gasteiger partial charge >= 0.3 is 0 Å². The molecule has 0 aliphatic carbocycles. The lowest BCUT2D eigenvalue weighted by Gasteiger charge is -2.31. The number of amides is 1. The normalized spacial score (nSPS) is 29.9. The van der Waals surface area contributed by atoms with Crippen LogP contribution < -0.4 is 14.8 Å². The van der Waals surface area contributed by atoms with Crippen LogP contribution in [-0.2, 0) is 14.6 Å². The Balaban J connectivity index is 1.68. The zero-order chi connectivity index (χ0) is 15.0. The van der Waals surface area contributed by atoms with Crippen molar-refractivity contribution in [1.29, 1.82) is 0 Å². The quantitative estimate of drug-likeness (QED) is 0.861. The number of hydrogen-bond donors (Lipinski definition) is 1. The molecule has 6 nitrogen and oxygen atoms in total. The van der Waals surface area contributed by atoms with Crippen LogP contribution in [0.5, 0.6) is 11.5 Å². The first-order chi connectivity index (χ1) is 9.94. The minimum absolute atomic E-state index is 0.00269. The number of benzene rings is 1. The lowest BCUT2D eigenvalue weighted by atomic mass is 10.1. The van der Waals surface area contributed by atoms with E-state index in [1.165, 1.54) is 0 Å².